The molecule has 2 aromatic rings. The molecule has 1 unspecified atom stereocenters. The van der Waals surface area contributed by atoms with E-state index in [1.807, 2.05) is 31.2 Å². The fourth-order valence-corrected chi connectivity index (χ4v) is 1.82. The average molecular weight is 260 g/mol. The number of carbonyl (C=O) groups excluding carboxylic acids is 1. The molecule has 2 rings (SSSR count). The Morgan fingerprint density at radius 3 is 2.79 bits per heavy atom. The van der Waals surface area contributed by atoms with Crippen LogP contribution in [0.5, 0.6) is 0 Å². The molecule has 0 aliphatic carbocycles. The highest BCUT2D eigenvalue weighted by atomic mass is 16.5. The van der Waals surface area contributed by atoms with Gasteiger partial charge in [-0.3, -0.25) is 4.79 Å². The summed E-state index contributed by atoms with van der Waals surface area (Å²) in [6, 6.07) is 9.06. The number of benzene rings is 1. The van der Waals surface area contributed by atoms with E-state index in [0.29, 0.717) is 5.69 Å². The van der Waals surface area contributed by atoms with Gasteiger partial charge in [0.2, 0.25) is 5.76 Å². The second-order valence-electron chi connectivity index (χ2n) is 4.41. The summed E-state index contributed by atoms with van der Waals surface area (Å²) in [7, 11) is 0. The maximum absolute atomic E-state index is 11.7. The van der Waals surface area contributed by atoms with Gasteiger partial charge in [-0.1, -0.05) is 29.4 Å². The largest absolute Gasteiger partial charge is 0.387 e. The smallest absolute Gasteiger partial charge is 0.290 e. The number of hydrogen-bond acceptors (Lipinski definition) is 4. The van der Waals surface area contributed by atoms with Gasteiger partial charge in [-0.2, -0.15) is 0 Å². The molecule has 1 aromatic heterocycles. The van der Waals surface area contributed by atoms with Gasteiger partial charge in [0, 0.05) is 12.6 Å². The minimum Gasteiger partial charge on any atom is -0.387 e. The van der Waals surface area contributed by atoms with Crippen LogP contribution < -0.4 is 5.32 Å². The zero-order chi connectivity index (χ0) is 13.8. The Hall–Kier alpha value is -2.14. The lowest BCUT2D eigenvalue weighted by atomic mass is 10.0. The lowest BCUT2D eigenvalue weighted by Crippen LogP contribution is -2.28. The number of nitrogens with zero attached hydrogens (tertiary/aromatic N) is 1. The molecule has 5 nitrogen and oxygen atoms in total. The van der Waals surface area contributed by atoms with Crippen molar-refractivity contribution < 1.29 is 14.4 Å². The molecule has 0 saturated heterocycles. The van der Waals surface area contributed by atoms with Gasteiger partial charge in [0.05, 0.1) is 11.8 Å². The molecule has 0 spiro atoms. The molecular weight excluding hydrogens is 244 g/mol. The van der Waals surface area contributed by atoms with Crippen LogP contribution in [-0.2, 0) is 0 Å². The zero-order valence-corrected chi connectivity index (χ0v) is 10.9. The van der Waals surface area contributed by atoms with Crippen molar-refractivity contribution in [1.29, 1.82) is 0 Å². The maximum atomic E-state index is 11.7. The summed E-state index contributed by atoms with van der Waals surface area (Å²) in [5.74, 6) is -0.234. The Kier molecular flexibility index (Phi) is 3.97. The van der Waals surface area contributed by atoms with Crippen molar-refractivity contribution in [3.63, 3.8) is 0 Å². The van der Waals surface area contributed by atoms with Gasteiger partial charge in [0.25, 0.3) is 5.91 Å². The number of amides is 1. The highest BCUT2D eigenvalue weighted by Gasteiger charge is 2.15. The van der Waals surface area contributed by atoms with Crippen LogP contribution in [0.15, 0.2) is 34.9 Å². The van der Waals surface area contributed by atoms with E-state index in [1.54, 1.807) is 13.0 Å². The molecule has 0 saturated carbocycles. The molecule has 1 heterocycles. The van der Waals surface area contributed by atoms with Gasteiger partial charge in [0.15, 0.2) is 0 Å². The Labute approximate surface area is 111 Å². The standard InChI is InChI=1S/C14H16N2O3/c1-9-5-3-4-6-11(9)12(17)8-15-14(18)13-7-10(2)16-19-13/h3-7,12,17H,8H2,1-2H3,(H,15,18). The second-order valence-corrected chi connectivity index (χ2v) is 4.41. The number of hydrogen-bond donors (Lipinski definition) is 2. The van der Waals surface area contributed by atoms with E-state index < -0.39 is 6.10 Å². The molecule has 100 valence electrons. The first-order chi connectivity index (χ1) is 9.08. The average Bonchev–Trinajstić information content (AvgIpc) is 2.83. The van der Waals surface area contributed by atoms with Crippen LogP contribution in [0.2, 0.25) is 0 Å². The van der Waals surface area contributed by atoms with Crippen molar-refractivity contribution in [2.75, 3.05) is 6.54 Å². The SMILES string of the molecule is Cc1cc(C(=O)NCC(O)c2ccccc2C)on1. The molecule has 5 heteroatoms. The Bertz CT molecular complexity index is 578. The van der Waals surface area contributed by atoms with Crippen molar-refractivity contribution in [1.82, 2.24) is 10.5 Å². The van der Waals surface area contributed by atoms with E-state index in [1.165, 1.54) is 0 Å². The molecule has 0 aliphatic heterocycles. The molecule has 0 radical (unpaired) electrons. The topological polar surface area (TPSA) is 75.4 Å². The molecule has 1 atom stereocenters. The summed E-state index contributed by atoms with van der Waals surface area (Å²) in [5.41, 5.74) is 2.43. The molecular formula is C14H16N2O3. The predicted molar refractivity (Wildman–Crippen MR) is 69.7 cm³/mol. The first kappa shape index (κ1) is 13.3. The lowest BCUT2D eigenvalue weighted by Gasteiger charge is -2.13. The summed E-state index contributed by atoms with van der Waals surface area (Å²) in [5, 5.41) is 16.3. The predicted octanol–water partition coefficient (Wildman–Crippen LogP) is 1.75. The van der Waals surface area contributed by atoms with Gasteiger partial charge in [0.1, 0.15) is 0 Å². The summed E-state index contributed by atoms with van der Waals surface area (Å²) < 4.78 is 4.84. The molecule has 1 aromatic carbocycles. The van der Waals surface area contributed by atoms with Gasteiger partial charge < -0.3 is 14.9 Å². The van der Waals surface area contributed by atoms with E-state index in [4.69, 9.17) is 4.52 Å². The monoisotopic (exact) mass is 260 g/mol. The first-order valence-electron chi connectivity index (χ1n) is 6.03. The summed E-state index contributed by atoms with van der Waals surface area (Å²) >= 11 is 0. The molecule has 0 fully saturated rings. The number of aromatic nitrogens is 1. The van der Waals surface area contributed by atoms with E-state index >= 15 is 0 Å². The van der Waals surface area contributed by atoms with Gasteiger partial charge in [-0.25, -0.2) is 0 Å². The third-order valence-electron chi connectivity index (χ3n) is 2.86. The number of aliphatic hydroxyl groups excluding tert-OH is 1. The zero-order valence-electron chi connectivity index (χ0n) is 10.9. The highest BCUT2D eigenvalue weighted by molar-refractivity contribution is 5.91. The van der Waals surface area contributed by atoms with Crippen molar-refractivity contribution in [2.24, 2.45) is 0 Å². The fourth-order valence-electron chi connectivity index (χ4n) is 1.82. The van der Waals surface area contributed by atoms with Crippen LogP contribution in [0.4, 0.5) is 0 Å². The van der Waals surface area contributed by atoms with Crippen LogP contribution in [-0.4, -0.2) is 22.7 Å². The molecule has 2 N–H and O–H groups in total. The molecule has 19 heavy (non-hydrogen) atoms. The minimum atomic E-state index is -0.742. The van der Waals surface area contributed by atoms with Crippen LogP contribution in [0.1, 0.15) is 33.5 Å². The Morgan fingerprint density at radius 2 is 2.16 bits per heavy atom. The van der Waals surface area contributed by atoms with Crippen molar-refractivity contribution in [3.8, 4) is 0 Å². The summed E-state index contributed by atoms with van der Waals surface area (Å²) in [6.07, 6.45) is -0.742. The quantitative estimate of drug-likeness (QED) is 0.878. The Balaban J connectivity index is 1.96. The van der Waals surface area contributed by atoms with Crippen molar-refractivity contribution in [2.45, 2.75) is 20.0 Å². The van der Waals surface area contributed by atoms with Crippen molar-refractivity contribution in [3.05, 3.63) is 52.9 Å². The minimum absolute atomic E-state index is 0.128. The van der Waals surface area contributed by atoms with Crippen LogP contribution in [0, 0.1) is 13.8 Å². The van der Waals surface area contributed by atoms with Gasteiger partial charge >= 0.3 is 0 Å². The van der Waals surface area contributed by atoms with E-state index in [-0.39, 0.29) is 18.2 Å². The molecule has 0 bridgehead atoms. The molecule has 0 aliphatic rings. The van der Waals surface area contributed by atoms with E-state index in [9.17, 15) is 9.90 Å². The summed E-state index contributed by atoms with van der Waals surface area (Å²) in [4.78, 5) is 11.7. The van der Waals surface area contributed by atoms with Crippen LogP contribution >= 0.6 is 0 Å². The van der Waals surface area contributed by atoms with E-state index in [2.05, 4.69) is 10.5 Å². The number of nitrogens with one attached hydrogen (secondary N) is 1. The van der Waals surface area contributed by atoms with Crippen LogP contribution in [0.3, 0.4) is 0 Å². The summed E-state index contributed by atoms with van der Waals surface area (Å²) in [6.45, 7) is 3.78. The third kappa shape index (κ3) is 3.20. The highest BCUT2D eigenvalue weighted by Crippen LogP contribution is 2.16. The normalized spacial score (nSPS) is 12.2. The Morgan fingerprint density at radius 1 is 1.42 bits per heavy atom. The number of rotatable bonds is 4. The van der Waals surface area contributed by atoms with Crippen molar-refractivity contribution >= 4 is 5.91 Å². The number of carbonyl (C=O) groups is 1. The number of aliphatic hydroxyl groups is 1. The fraction of sp³-hybridized carbons (Fsp3) is 0.286. The van der Waals surface area contributed by atoms with E-state index in [0.717, 1.165) is 11.1 Å². The second kappa shape index (κ2) is 5.67. The molecule has 1 amide bonds. The number of aryl methyl sites for hydroxylation is 2. The third-order valence-corrected chi connectivity index (χ3v) is 2.86. The van der Waals surface area contributed by atoms with Gasteiger partial charge in [-0.05, 0) is 25.0 Å². The first-order valence-corrected chi connectivity index (χ1v) is 6.03. The van der Waals surface area contributed by atoms with Crippen LogP contribution in [0.25, 0.3) is 0 Å². The lowest BCUT2D eigenvalue weighted by molar-refractivity contribution is 0.0879. The maximum Gasteiger partial charge on any atom is 0.290 e. The van der Waals surface area contributed by atoms with Gasteiger partial charge in [-0.15, -0.1) is 0 Å².